The standard InChI is InChI=1S/C18H27NO4/c1-2-8-18(14-20)9-5-10-19(13-18)11-15-6-3-4-7-16(15)23-12-17(21)22/h3-4,6-7,20H,2,5,8-14H2,1H3,(H,21,22)/t18-/m0/s1. The first-order chi connectivity index (χ1) is 11.1. The third-order valence-electron chi connectivity index (χ3n) is 4.57. The maximum absolute atomic E-state index is 10.7. The SMILES string of the molecule is CCC[C@]1(CO)CCCN(Cc2ccccc2OCC(=O)O)C1. The van der Waals surface area contributed by atoms with E-state index in [1.165, 1.54) is 0 Å². The highest BCUT2D eigenvalue weighted by atomic mass is 16.5. The highest BCUT2D eigenvalue weighted by molar-refractivity contribution is 5.68. The third-order valence-corrected chi connectivity index (χ3v) is 4.57. The summed E-state index contributed by atoms with van der Waals surface area (Å²) in [6, 6.07) is 7.59. The van der Waals surface area contributed by atoms with Gasteiger partial charge in [-0.2, -0.15) is 0 Å². The van der Waals surface area contributed by atoms with Crippen molar-refractivity contribution >= 4 is 5.97 Å². The number of aliphatic hydroxyl groups is 1. The fraction of sp³-hybridized carbons (Fsp3) is 0.611. The molecule has 0 spiro atoms. The van der Waals surface area contributed by atoms with Crippen LogP contribution in [0, 0.1) is 5.41 Å². The number of benzene rings is 1. The highest BCUT2D eigenvalue weighted by Crippen LogP contribution is 2.35. The van der Waals surface area contributed by atoms with E-state index in [2.05, 4.69) is 11.8 Å². The number of hydrogen-bond acceptors (Lipinski definition) is 4. The van der Waals surface area contributed by atoms with Gasteiger partial charge in [-0.15, -0.1) is 0 Å². The van der Waals surface area contributed by atoms with Crippen LogP contribution in [0.5, 0.6) is 5.75 Å². The number of carboxylic acid groups (broad SMARTS) is 1. The Hall–Kier alpha value is -1.59. The summed E-state index contributed by atoms with van der Waals surface area (Å²) in [5.41, 5.74) is 1.00. The van der Waals surface area contributed by atoms with Crippen molar-refractivity contribution in [2.24, 2.45) is 5.41 Å². The summed E-state index contributed by atoms with van der Waals surface area (Å²) >= 11 is 0. The second-order valence-electron chi connectivity index (χ2n) is 6.51. The number of aliphatic carboxylic acids is 1. The molecule has 2 rings (SSSR count). The highest BCUT2D eigenvalue weighted by Gasteiger charge is 2.34. The number of carboxylic acids is 1. The molecule has 1 fully saturated rings. The van der Waals surface area contributed by atoms with Crippen LogP contribution in [0.2, 0.25) is 0 Å². The number of hydrogen-bond donors (Lipinski definition) is 2. The van der Waals surface area contributed by atoms with Crippen molar-refractivity contribution in [1.82, 2.24) is 4.90 Å². The summed E-state index contributed by atoms with van der Waals surface area (Å²) in [6.07, 6.45) is 4.27. The predicted octanol–water partition coefficient (Wildman–Crippen LogP) is 2.52. The summed E-state index contributed by atoms with van der Waals surface area (Å²) in [6.45, 7) is 4.66. The summed E-state index contributed by atoms with van der Waals surface area (Å²) < 4.78 is 5.39. The Morgan fingerprint density at radius 3 is 2.87 bits per heavy atom. The van der Waals surface area contributed by atoms with Crippen molar-refractivity contribution < 1.29 is 19.7 Å². The molecule has 5 heteroatoms. The van der Waals surface area contributed by atoms with Crippen LogP contribution in [0.15, 0.2) is 24.3 Å². The molecule has 1 aliphatic heterocycles. The molecule has 1 aromatic carbocycles. The molecule has 1 atom stereocenters. The van der Waals surface area contributed by atoms with E-state index in [4.69, 9.17) is 9.84 Å². The van der Waals surface area contributed by atoms with Crippen LogP contribution in [-0.2, 0) is 11.3 Å². The zero-order valence-corrected chi connectivity index (χ0v) is 13.8. The first-order valence-corrected chi connectivity index (χ1v) is 8.34. The van der Waals surface area contributed by atoms with E-state index in [0.29, 0.717) is 5.75 Å². The maximum atomic E-state index is 10.7. The Kier molecular flexibility index (Phi) is 6.42. The van der Waals surface area contributed by atoms with Crippen LogP contribution in [0.1, 0.15) is 38.2 Å². The molecule has 0 aliphatic carbocycles. The maximum Gasteiger partial charge on any atom is 0.341 e. The predicted molar refractivity (Wildman–Crippen MR) is 88.5 cm³/mol. The minimum absolute atomic E-state index is 0.00383. The van der Waals surface area contributed by atoms with Crippen molar-refractivity contribution in [3.8, 4) is 5.75 Å². The summed E-state index contributed by atoms with van der Waals surface area (Å²) in [5, 5.41) is 18.6. The number of para-hydroxylation sites is 1. The van der Waals surface area contributed by atoms with Crippen LogP contribution in [0.3, 0.4) is 0 Å². The van der Waals surface area contributed by atoms with Crippen molar-refractivity contribution in [2.75, 3.05) is 26.3 Å². The average Bonchev–Trinajstić information content (AvgIpc) is 2.54. The zero-order chi connectivity index (χ0) is 16.7. The summed E-state index contributed by atoms with van der Waals surface area (Å²) in [5.74, 6) is -0.342. The molecule has 5 nitrogen and oxygen atoms in total. The summed E-state index contributed by atoms with van der Waals surface area (Å²) in [7, 11) is 0. The normalized spacial score (nSPS) is 22.0. The van der Waals surface area contributed by atoms with E-state index >= 15 is 0 Å². The molecule has 23 heavy (non-hydrogen) atoms. The average molecular weight is 321 g/mol. The molecule has 0 bridgehead atoms. The van der Waals surface area contributed by atoms with Crippen LogP contribution in [0.4, 0.5) is 0 Å². The number of carbonyl (C=O) groups is 1. The Bertz CT molecular complexity index is 515. The van der Waals surface area contributed by atoms with Gasteiger partial charge in [0.15, 0.2) is 6.61 Å². The smallest absolute Gasteiger partial charge is 0.341 e. The number of piperidine rings is 1. The second kappa shape index (κ2) is 8.31. The topological polar surface area (TPSA) is 70.0 Å². The molecule has 1 saturated heterocycles. The number of likely N-dealkylation sites (tertiary alicyclic amines) is 1. The van der Waals surface area contributed by atoms with E-state index in [1.807, 2.05) is 24.3 Å². The number of rotatable bonds is 8. The van der Waals surface area contributed by atoms with Crippen LogP contribution in [-0.4, -0.2) is 47.4 Å². The number of nitrogens with zero attached hydrogens (tertiary/aromatic N) is 1. The van der Waals surface area contributed by atoms with Gasteiger partial charge >= 0.3 is 5.97 Å². The first kappa shape index (κ1) is 17.8. The van der Waals surface area contributed by atoms with Crippen LogP contribution < -0.4 is 4.74 Å². The van der Waals surface area contributed by atoms with Gasteiger partial charge in [0.1, 0.15) is 5.75 Å². The Morgan fingerprint density at radius 2 is 2.17 bits per heavy atom. The largest absolute Gasteiger partial charge is 0.482 e. The van der Waals surface area contributed by atoms with Gasteiger partial charge in [0, 0.05) is 30.7 Å². The molecule has 0 aromatic heterocycles. The first-order valence-electron chi connectivity index (χ1n) is 8.34. The van der Waals surface area contributed by atoms with Gasteiger partial charge in [0.05, 0.1) is 0 Å². The second-order valence-corrected chi connectivity index (χ2v) is 6.51. The van der Waals surface area contributed by atoms with Crippen molar-refractivity contribution in [1.29, 1.82) is 0 Å². The zero-order valence-electron chi connectivity index (χ0n) is 13.8. The Morgan fingerprint density at radius 1 is 1.39 bits per heavy atom. The lowest BCUT2D eigenvalue weighted by molar-refractivity contribution is -0.139. The number of ether oxygens (including phenoxy) is 1. The summed E-state index contributed by atoms with van der Waals surface area (Å²) in [4.78, 5) is 13.1. The van der Waals surface area contributed by atoms with Gasteiger partial charge in [0.2, 0.25) is 0 Å². The van der Waals surface area contributed by atoms with Crippen molar-refractivity contribution in [3.63, 3.8) is 0 Å². The molecule has 1 aliphatic rings. The van der Waals surface area contributed by atoms with E-state index in [0.717, 1.165) is 50.9 Å². The van der Waals surface area contributed by atoms with E-state index < -0.39 is 5.97 Å². The minimum Gasteiger partial charge on any atom is -0.482 e. The van der Waals surface area contributed by atoms with E-state index in [9.17, 15) is 9.90 Å². The lowest BCUT2D eigenvalue weighted by Gasteiger charge is -2.42. The van der Waals surface area contributed by atoms with Crippen LogP contribution in [0.25, 0.3) is 0 Å². The van der Waals surface area contributed by atoms with Gasteiger partial charge in [-0.1, -0.05) is 31.5 Å². The van der Waals surface area contributed by atoms with Gasteiger partial charge in [-0.05, 0) is 31.9 Å². The molecule has 2 N–H and O–H groups in total. The molecular weight excluding hydrogens is 294 g/mol. The lowest BCUT2D eigenvalue weighted by Crippen LogP contribution is -2.44. The Labute approximate surface area is 137 Å². The molecule has 128 valence electrons. The third kappa shape index (κ3) is 4.94. The quantitative estimate of drug-likeness (QED) is 0.770. The molecule has 0 radical (unpaired) electrons. The van der Waals surface area contributed by atoms with Crippen LogP contribution >= 0.6 is 0 Å². The van der Waals surface area contributed by atoms with Crippen molar-refractivity contribution in [3.05, 3.63) is 29.8 Å². The molecule has 1 heterocycles. The van der Waals surface area contributed by atoms with Gasteiger partial charge in [-0.3, -0.25) is 4.90 Å². The van der Waals surface area contributed by atoms with E-state index in [1.54, 1.807) is 0 Å². The number of aliphatic hydroxyl groups excluding tert-OH is 1. The van der Waals surface area contributed by atoms with Gasteiger partial charge in [0.25, 0.3) is 0 Å². The van der Waals surface area contributed by atoms with Gasteiger partial charge < -0.3 is 14.9 Å². The molecule has 1 aromatic rings. The fourth-order valence-electron chi connectivity index (χ4n) is 3.54. The monoisotopic (exact) mass is 321 g/mol. The molecule has 0 unspecified atom stereocenters. The van der Waals surface area contributed by atoms with E-state index in [-0.39, 0.29) is 18.6 Å². The molecule has 0 saturated carbocycles. The van der Waals surface area contributed by atoms with Crippen molar-refractivity contribution in [2.45, 2.75) is 39.2 Å². The fourth-order valence-corrected chi connectivity index (χ4v) is 3.54. The lowest BCUT2D eigenvalue weighted by atomic mass is 9.77. The minimum atomic E-state index is -0.972. The molecular formula is C18H27NO4. The molecule has 0 amide bonds. The Balaban J connectivity index is 2.05. The van der Waals surface area contributed by atoms with Gasteiger partial charge in [-0.25, -0.2) is 4.79 Å².